The molecule has 104 valence electrons. The minimum absolute atomic E-state index is 0.166. The summed E-state index contributed by atoms with van der Waals surface area (Å²) in [7, 11) is 0. The Morgan fingerprint density at radius 2 is 1.84 bits per heavy atom. The van der Waals surface area contributed by atoms with Crippen molar-refractivity contribution in [2.75, 3.05) is 13.2 Å². The van der Waals surface area contributed by atoms with Crippen LogP contribution >= 0.6 is 0 Å². The van der Waals surface area contributed by atoms with E-state index in [0.717, 1.165) is 0 Å². The molecule has 1 aliphatic heterocycles. The highest BCUT2D eigenvalue weighted by atomic mass is 16.6. The number of aliphatic carboxylic acids is 1. The van der Waals surface area contributed by atoms with E-state index in [1.165, 1.54) is 0 Å². The van der Waals surface area contributed by atoms with E-state index in [4.69, 9.17) is 9.47 Å². The molecule has 1 heterocycles. The summed E-state index contributed by atoms with van der Waals surface area (Å²) in [5.74, 6) is -0.838. The molecular formula is C14H18O5. The van der Waals surface area contributed by atoms with Crippen molar-refractivity contribution in [2.45, 2.75) is 20.0 Å². The van der Waals surface area contributed by atoms with Crippen LogP contribution in [0.5, 0.6) is 11.5 Å². The zero-order valence-corrected chi connectivity index (χ0v) is 11.0. The SMILES string of the molecule is CC(C)C(C(=O)O)C(O)c1ccc2c(c1)OCCO2. The molecule has 0 spiro atoms. The molecule has 0 saturated carbocycles. The van der Waals surface area contributed by atoms with E-state index >= 15 is 0 Å². The highest BCUT2D eigenvalue weighted by Crippen LogP contribution is 2.36. The number of aliphatic hydroxyl groups excluding tert-OH is 1. The Bertz CT molecular complexity index is 469. The number of carboxylic acid groups (broad SMARTS) is 1. The lowest BCUT2D eigenvalue weighted by molar-refractivity contribution is -0.148. The fourth-order valence-corrected chi connectivity index (χ4v) is 2.24. The van der Waals surface area contributed by atoms with E-state index in [2.05, 4.69) is 0 Å². The maximum atomic E-state index is 11.2. The minimum Gasteiger partial charge on any atom is -0.486 e. The lowest BCUT2D eigenvalue weighted by atomic mass is 9.86. The van der Waals surface area contributed by atoms with Crippen LogP contribution in [0.2, 0.25) is 0 Å². The molecular weight excluding hydrogens is 248 g/mol. The smallest absolute Gasteiger partial charge is 0.309 e. The summed E-state index contributed by atoms with van der Waals surface area (Å²) in [5.41, 5.74) is 0.533. The molecule has 0 aromatic heterocycles. The van der Waals surface area contributed by atoms with Gasteiger partial charge in [0.25, 0.3) is 0 Å². The largest absolute Gasteiger partial charge is 0.486 e. The number of hydrogen-bond donors (Lipinski definition) is 2. The lowest BCUT2D eigenvalue weighted by Gasteiger charge is -2.24. The number of benzene rings is 1. The summed E-state index contributed by atoms with van der Waals surface area (Å²) < 4.78 is 10.8. The average molecular weight is 266 g/mol. The quantitative estimate of drug-likeness (QED) is 0.869. The second kappa shape index (κ2) is 5.48. The van der Waals surface area contributed by atoms with Crippen LogP contribution in [0, 0.1) is 11.8 Å². The summed E-state index contributed by atoms with van der Waals surface area (Å²) in [4.78, 5) is 11.2. The van der Waals surface area contributed by atoms with Crippen LogP contribution in [0.25, 0.3) is 0 Å². The molecule has 2 rings (SSSR count). The van der Waals surface area contributed by atoms with Crippen molar-refractivity contribution >= 4 is 5.97 Å². The van der Waals surface area contributed by atoms with Crippen LogP contribution in [0.3, 0.4) is 0 Å². The van der Waals surface area contributed by atoms with Gasteiger partial charge in [0, 0.05) is 0 Å². The molecule has 0 bridgehead atoms. The van der Waals surface area contributed by atoms with Gasteiger partial charge < -0.3 is 19.7 Å². The van der Waals surface area contributed by atoms with E-state index in [0.29, 0.717) is 30.3 Å². The van der Waals surface area contributed by atoms with Crippen molar-refractivity contribution in [1.29, 1.82) is 0 Å². The zero-order valence-electron chi connectivity index (χ0n) is 11.0. The average Bonchev–Trinajstić information content (AvgIpc) is 2.37. The molecule has 2 unspecified atom stereocenters. The summed E-state index contributed by atoms with van der Waals surface area (Å²) >= 11 is 0. The molecule has 0 radical (unpaired) electrons. The number of carbonyl (C=O) groups is 1. The highest BCUT2D eigenvalue weighted by molar-refractivity contribution is 5.71. The number of fused-ring (bicyclic) bond motifs is 1. The van der Waals surface area contributed by atoms with Gasteiger partial charge in [0.2, 0.25) is 0 Å². The third kappa shape index (κ3) is 2.81. The second-order valence-corrected chi connectivity index (χ2v) is 4.96. The van der Waals surface area contributed by atoms with Crippen LogP contribution in [0.1, 0.15) is 25.5 Å². The molecule has 2 N–H and O–H groups in total. The van der Waals surface area contributed by atoms with Gasteiger partial charge in [0.05, 0.1) is 12.0 Å². The highest BCUT2D eigenvalue weighted by Gasteiger charge is 2.31. The molecule has 0 amide bonds. The van der Waals surface area contributed by atoms with Crippen molar-refractivity contribution in [1.82, 2.24) is 0 Å². The summed E-state index contributed by atoms with van der Waals surface area (Å²) in [6.07, 6.45) is -1.06. The topological polar surface area (TPSA) is 76.0 Å². The molecule has 0 fully saturated rings. The molecule has 2 atom stereocenters. The van der Waals surface area contributed by atoms with Crippen molar-refractivity contribution in [2.24, 2.45) is 11.8 Å². The van der Waals surface area contributed by atoms with E-state index in [1.54, 1.807) is 32.0 Å². The van der Waals surface area contributed by atoms with Crippen molar-refractivity contribution in [3.63, 3.8) is 0 Å². The molecule has 0 saturated heterocycles. The van der Waals surface area contributed by atoms with Crippen LogP contribution in [0.4, 0.5) is 0 Å². The Kier molecular flexibility index (Phi) is 3.95. The molecule has 5 nitrogen and oxygen atoms in total. The minimum atomic E-state index is -1.06. The number of rotatable bonds is 4. The molecule has 0 aliphatic carbocycles. The normalized spacial score (nSPS) is 17.1. The molecule has 1 aromatic rings. The summed E-state index contributed by atoms with van der Waals surface area (Å²) in [6, 6.07) is 5.03. The van der Waals surface area contributed by atoms with Gasteiger partial charge in [0.15, 0.2) is 11.5 Å². The van der Waals surface area contributed by atoms with Crippen LogP contribution in [0.15, 0.2) is 18.2 Å². The van der Waals surface area contributed by atoms with Crippen LogP contribution < -0.4 is 9.47 Å². The number of hydrogen-bond acceptors (Lipinski definition) is 4. The van der Waals surface area contributed by atoms with Gasteiger partial charge in [-0.15, -0.1) is 0 Å². The third-order valence-corrected chi connectivity index (χ3v) is 3.25. The van der Waals surface area contributed by atoms with Crippen molar-refractivity contribution < 1.29 is 24.5 Å². The molecule has 5 heteroatoms. The van der Waals surface area contributed by atoms with Gasteiger partial charge in [-0.25, -0.2) is 0 Å². The van der Waals surface area contributed by atoms with Crippen LogP contribution in [-0.2, 0) is 4.79 Å². The number of carboxylic acids is 1. The molecule has 19 heavy (non-hydrogen) atoms. The fourth-order valence-electron chi connectivity index (χ4n) is 2.24. The van der Waals surface area contributed by atoms with Gasteiger partial charge in [-0.3, -0.25) is 4.79 Å². The van der Waals surface area contributed by atoms with E-state index in [1.807, 2.05) is 0 Å². The number of ether oxygens (including phenoxy) is 2. The zero-order chi connectivity index (χ0) is 14.0. The van der Waals surface area contributed by atoms with Crippen LogP contribution in [-0.4, -0.2) is 29.4 Å². The van der Waals surface area contributed by atoms with Gasteiger partial charge in [0.1, 0.15) is 13.2 Å². The summed E-state index contributed by atoms with van der Waals surface area (Å²) in [5, 5.41) is 19.4. The first-order valence-electron chi connectivity index (χ1n) is 6.31. The lowest BCUT2D eigenvalue weighted by Crippen LogP contribution is -2.27. The fraction of sp³-hybridized carbons (Fsp3) is 0.500. The Morgan fingerprint density at radius 1 is 1.21 bits per heavy atom. The van der Waals surface area contributed by atoms with Gasteiger partial charge in [-0.1, -0.05) is 19.9 Å². The van der Waals surface area contributed by atoms with Gasteiger partial charge >= 0.3 is 5.97 Å². The first kappa shape index (κ1) is 13.7. The third-order valence-electron chi connectivity index (χ3n) is 3.25. The van der Waals surface area contributed by atoms with Gasteiger partial charge in [-0.2, -0.15) is 0 Å². The maximum Gasteiger partial charge on any atom is 0.309 e. The van der Waals surface area contributed by atoms with E-state index < -0.39 is 18.0 Å². The number of aliphatic hydroxyl groups is 1. The second-order valence-electron chi connectivity index (χ2n) is 4.96. The Morgan fingerprint density at radius 3 is 2.42 bits per heavy atom. The first-order chi connectivity index (χ1) is 9.00. The Balaban J connectivity index is 2.27. The standard InChI is InChI=1S/C14H18O5/c1-8(2)12(14(16)17)13(15)9-3-4-10-11(7-9)19-6-5-18-10/h3-4,7-8,12-13,15H,5-6H2,1-2H3,(H,16,17). The monoisotopic (exact) mass is 266 g/mol. The predicted octanol–water partition coefficient (Wildman–Crippen LogP) is 1.85. The molecule has 1 aliphatic rings. The summed E-state index contributed by atoms with van der Waals surface area (Å²) in [6.45, 7) is 4.51. The predicted molar refractivity (Wildman–Crippen MR) is 68.4 cm³/mol. The van der Waals surface area contributed by atoms with E-state index in [9.17, 15) is 15.0 Å². The first-order valence-corrected chi connectivity index (χ1v) is 6.31. The maximum absolute atomic E-state index is 11.2. The molecule has 1 aromatic carbocycles. The Labute approximate surface area is 111 Å². The van der Waals surface area contributed by atoms with Crippen molar-refractivity contribution in [3.05, 3.63) is 23.8 Å². The Hall–Kier alpha value is -1.75. The van der Waals surface area contributed by atoms with Gasteiger partial charge in [-0.05, 0) is 23.6 Å². The van der Waals surface area contributed by atoms with E-state index in [-0.39, 0.29) is 5.92 Å². The van der Waals surface area contributed by atoms with Crippen molar-refractivity contribution in [3.8, 4) is 11.5 Å².